The minimum Gasteiger partial charge on any atom is -0.496 e. The van der Waals surface area contributed by atoms with Crippen molar-refractivity contribution in [2.24, 2.45) is 0 Å². The molecule has 0 atom stereocenters. The summed E-state index contributed by atoms with van der Waals surface area (Å²) in [5.74, 6) is 1.03. The lowest BCUT2D eigenvalue weighted by molar-refractivity contribution is 0.102. The topological polar surface area (TPSA) is 56.2 Å². The number of hydrogen-bond acceptors (Lipinski definition) is 3. The van der Waals surface area contributed by atoms with Gasteiger partial charge in [0.05, 0.1) is 12.7 Å². The number of rotatable bonds is 4. The summed E-state index contributed by atoms with van der Waals surface area (Å²) in [6.45, 7) is 2.78. The van der Waals surface area contributed by atoms with Crippen molar-refractivity contribution in [3.63, 3.8) is 0 Å². The summed E-state index contributed by atoms with van der Waals surface area (Å²) < 4.78 is 7.23. The van der Waals surface area contributed by atoms with E-state index in [9.17, 15) is 4.79 Å². The van der Waals surface area contributed by atoms with E-state index in [1.165, 1.54) is 30.4 Å². The number of fused-ring (bicyclic) bond motifs is 1. The highest BCUT2D eigenvalue weighted by Crippen LogP contribution is 2.29. The lowest BCUT2D eigenvalue weighted by Gasteiger charge is -2.13. The first-order valence-corrected chi connectivity index (χ1v) is 8.26. The Morgan fingerprint density at radius 1 is 1.26 bits per heavy atom. The van der Waals surface area contributed by atoms with Crippen LogP contribution in [0.25, 0.3) is 0 Å². The van der Waals surface area contributed by atoms with Gasteiger partial charge in [-0.1, -0.05) is 6.42 Å². The van der Waals surface area contributed by atoms with Crippen molar-refractivity contribution in [2.45, 2.75) is 45.6 Å². The summed E-state index contributed by atoms with van der Waals surface area (Å²) in [4.78, 5) is 12.6. The Kier molecular flexibility index (Phi) is 4.65. The van der Waals surface area contributed by atoms with Crippen molar-refractivity contribution in [2.75, 3.05) is 12.4 Å². The molecule has 23 heavy (non-hydrogen) atoms. The van der Waals surface area contributed by atoms with E-state index in [1.54, 1.807) is 17.9 Å². The van der Waals surface area contributed by atoms with Crippen LogP contribution in [-0.2, 0) is 19.4 Å². The van der Waals surface area contributed by atoms with Crippen LogP contribution >= 0.6 is 0 Å². The molecule has 1 heterocycles. The van der Waals surface area contributed by atoms with Crippen molar-refractivity contribution in [3.05, 3.63) is 41.1 Å². The monoisotopic (exact) mass is 313 g/mol. The summed E-state index contributed by atoms with van der Waals surface area (Å²) in [5, 5.41) is 7.16. The van der Waals surface area contributed by atoms with Crippen LogP contribution in [0.15, 0.2) is 24.4 Å². The van der Waals surface area contributed by atoms with E-state index >= 15 is 0 Å². The average Bonchev–Trinajstić information content (AvgIpc) is 2.89. The van der Waals surface area contributed by atoms with Crippen LogP contribution in [0, 0.1) is 0 Å². The minimum atomic E-state index is -0.171. The molecule has 0 radical (unpaired) electrons. The van der Waals surface area contributed by atoms with Gasteiger partial charge in [-0.05, 0) is 55.9 Å². The highest BCUT2D eigenvalue weighted by molar-refractivity contribution is 6.06. The first kappa shape index (κ1) is 15.6. The van der Waals surface area contributed by atoms with Gasteiger partial charge in [-0.2, -0.15) is 5.10 Å². The van der Waals surface area contributed by atoms with Gasteiger partial charge in [-0.3, -0.25) is 9.48 Å². The van der Waals surface area contributed by atoms with Gasteiger partial charge in [-0.15, -0.1) is 0 Å². The van der Waals surface area contributed by atoms with Crippen molar-refractivity contribution in [1.82, 2.24) is 9.78 Å². The summed E-state index contributed by atoms with van der Waals surface area (Å²) >= 11 is 0. The lowest BCUT2D eigenvalue weighted by Crippen LogP contribution is -2.15. The molecule has 122 valence electrons. The number of nitrogens with one attached hydrogen (secondary N) is 1. The molecule has 5 heteroatoms. The van der Waals surface area contributed by atoms with E-state index in [0.29, 0.717) is 17.1 Å². The van der Waals surface area contributed by atoms with Gasteiger partial charge in [0, 0.05) is 18.8 Å². The molecule has 1 N–H and O–H groups in total. The van der Waals surface area contributed by atoms with Crippen molar-refractivity contribution in [1.29, 1.82) is 0 Å². The predicted molar refractivity (Wildman–Crippen MR) is 90.1 cm³/mol. The Morgan fingerprint density at radius 2 is 2.00 bits per heavy atom. The van der Waals surface area contributed by atoms with E-state index < -0.39 is 0 Å². The molecule has 0 unspecified atom stereocenters. The van der Waals surface area contributed by atoms with E-state index in [0.717, 1.165) is 19.4 Å². The number of anilines is 1. The Balaban J connectivity index is 1.88. The molecule has 1 aliphatic carbocycles. The molecular formula is C18H23N3O2. The molecule has 1 aromatic carbocycles. The number of nitrogens with zero attached hydrogens (tertiary/aromatic N) is 2. The maximum Gasteiger partial charge on any atom is 0.260 e. The second-order valence-electron chi connectivity index (χ2n) is 5.89. The minimum absolute atomic E-state index is 0.171. The van der Waals surface area contributed by atoms with Gasteiger partial charge in [-0.25, -0.2) is 0 Å². The van der Waals surface area contributed by atoms with Crippen molar-refractivity contribution >= 4 is 11.7 Å². The molecule has 0 bridgehead atoms. The molecule has 1 amide bonds. The molecular weight excluding hydrogens is 290 g/mol. The quantitative estimate of drug-likeness (QED) is 0.880. The zero-order valence-electron chi connectivity index (χ0n) is 13.8. The molecule has 0 saturated heterocycles. The first-order valence-electron chi connectivity index (χ1n) is 8.26. The number of carbonyl (C=O) groups excluding carboxylic acids is 1. The maximum atomic E-state index is 12.6. The lowest BCUT2D eigenvalue weighted by atomic mass is 9.98. The highest BCUT2D eigenvalue weighted by Gasteiger charge is 2.18. The van der Waals surface area contributed by atoms with E-state index in [2.05, 4.69) is 10.4 Å². The molecule has 0 saturated carbocycles. The number of amides is 1. The predicted octanol–water partition coefficient (Wildman–Crippen LogP) is 3.43. The molecule has 5 nitrogen and oxygen atoms in total. The molecule has 0 aliphatic heterocycles. The van der Waals surface area contributed by atoms with Gasteiger partial charge in [0.1, 0.15) is 5.75 Å². The number of aromatic nitrogens is 2. The van der Waals surface area contributed by atoms with Crippen LogP contribution in [0.1, 0.15) is 47.7 Å². The van der Waals surface area contributed by atoms with Crippen molar-refractivity contribution < 1.29 is 9.53 Å². The number of benzene rings is 1. The van der Waals surface area contributed by atoms with E-state index in [4.69, 9.17) is 4.74 Å². The third-order valence-corrected chi connectivity index (χ3v) is 4.36. The van der Waals surface area contributed by atoms with Crippen LogP contribution in [0.3, 0.4) is 0 Å². The second kappa shape index (κ2) is 6.86. The van der Waals surface area contributed by atoms with Crippen LogP contribution in [0.2, 0.25) is 0 Å². The van der Waals surface area contributed by atoms with Gasteiger partial charge in [0.2, 0.25) is 0 Å². The molecule has 1 aromatic heterocycles. The van der Waals surface area contributed by atoms with Crippen LogP contribution in [0.5, 0.6) is 5.75 Å². The molecule has 3 rings (SSSR count). The molecule has 0 spiro atoms. The third-order valence-electron chi connectivity index (χ3n) is 4.36. The normalized spacial score (nSPS) is 14.0. The van der Waals surface area contributed by atoms with Crippen molar-refractivity contribution in [3.8, 4) is 5.75 Å². The first-order chi connectivity index (χ1) is 11.2. The molecule has 0 fully saturated rings. The number of carbonyl (C=O) groups is 1. The standard InChI is InChI=1S/C18H23N3O2/c1-3-21-10-9-17(20-21)19-18(22)15-11-13-7-5-4-6-8-14(13)12-16(15)23-2/h9-12H,3-8H2,1-2H3,(H,19,20,22). The van der Waals surface area contributed by atoms with Gasteiger partial charge < -0.3 is 10.1 Å². The van der Waals surface area contributed by atoms with Gasteiger partial charge in [0.25, 0.3) is 5.91 Å². The van der Waals surface area contributed by atoms with Crippen LogP contribution in [0.4, 0.5) is 5.82 Å². The number of ether oxygens (including phenoxy) is 1. The number of methoxy groups -OCH3 is 1. The number of hydrogen-bond donors (Lipinski definition) is 1. The van der Waals surface area contributed by atoms with E-state index in [-0.39, 0.29) is 5.91 Å². The highest BCUT2D eigenvalue weighted by atomic mass is 16.5. The fourth-order valence-corrected chi connectivity index (χ4v) is 3.07. The Hall–Kier alpha value is -2.30. The van der Waals surface area contributed by atoms with Crippen LogP contribution in [-0.4, -0.2) is 22.8 Å². The Bertz CT molecular complexity index is 706. The summed E-state index contributed by atoms with van der Waals surface area (Å²) in [6, 6.07) is 5.82. The zero-order chi connectivity index (χ0) is 16.2. The smallest absolute Gasteiger partial charge is 0.260 e. The Labute approximate surface area is 136 Å². The fraction of sp³-hybridized carbons (Fsp3) is 0.444. The maximum absolute atomic E-state index is 12.6. The van der Waals surface area contributed by atoms with Gasteiger partial charge >= 0.3 is 0 Å². The SMILES string of the molecule is CCn1ccc(NC(=O)c2cc3c(cc2OC)CCCCC3)n1. The third kappa shape index (κ3) is 3.38. The van der Waals surface area contributed by atoms with Crippen LogP contribution < -0.4 is 10.1 Å². The molecule has 2 aromatic rings. The number of aryl methyl sites for hydroxylation is 3. The van der Waals surface area contributed by atoms with Gasteiger partial charge in [0.15, 0.2) is 5.82 Å². The fourth-order valence-electron chi connectivity index (χ4n) is 3.07. The summed E-state index contributed by atoms with van der Waals surface area (Å²) in [7, 11) is 1.61. The molecule has 1 aliphatic rings. The summed E-state index contributed by atoms with van der Waals surface area (Å²) in [6.07, 6.45) is 7.58. The summed E-state index contributed by atoms with van der Waals surface area (Å²) in [5.41, 5.74) is 3.16. The zero-order valence-corrected chi connectivity index (χ0v) is 13.8. The average molecular weight is 313 g/mol. The largest absolute Gasteiger partial charge is 0.496 e. The second-order valence-corrected chi connectivity index (χ2v) is 5.89. The Morgan fingerprint density at radius 3 is 2.65 bits per heavy atom. The van der Waals surface area contributed by atoms with E-state index in [1.807, 2.05) is 25.3 Å².